The van der Waals surface area contributed by atoms with E-state index in [2.05, 4.69) is 5.32 Å². The van der Waals surface area contributed by atoms with Crippen LogP contribution in [0, 0.1) is 0 Å². The number of nitrogens with one attached hydrogen (secondary N) is 1. The van der Waals surface area contributed by atoms with Gasteiger partial charge in [-0.15, -0.1) is 0 Å². The largest absolute Gasteiger partial charge is 0.452 e. The topological polar surface area (TPSA) is 110 Å². The molecule has 9 heteroatoms. The van der Waals surface area contributed by atoms with Gasteiger partial charge in [0.2, 0.25) is 5.91 Å². The number of anilines is 1. The minimum atomic E-state index is -3.13. The lowest BCUT2D eigenvalue weighted by Crippen LogP contribution is -2.48. The molecule has 1 saturated heterocycles. The van der Waals surface area contributed by atoms with E-state index in [4.69, 9.17) is 4.74 Å². The zero-order valence-corrected chi connectivity index (χ0v) is 17.1. The van der Waals surface area contributed by atoms with Gasteiger partial charge in [0, 0.05) is 24.7 Å². The molecule has 1 heterocycles. The predicted molar refractivity (Wildman–Crippen MR) is 105 cm³/mol. The molecule has 1 aliphatic rings. The Hall–Kier alpha value is -2.42. The number of sulfone groups is 1. The first-order valence-corrected chi connectivity index (χ1v) is 11.0. The average Bonchev–Trinajstić information content (AvgIpc) is 2.99. The summed E-state index contributed by atoms with van der Waals surface area (Å²) < 4.78 is 28.7. The third-order valence-electron chi connectivity index (χ3n) is 4.72. The zero-order chi connectivity index (χ0) is 20.9. The summed E-state index contributed by atoms with van der Waals surface area (Å²) in [5, 5.41) is 2.59. The maximum absolute atomic E-state index is 12.7. The Morgan fingerprint density at radius 2 is 1.89 bits per heavy atom. The summed E-state index contributed by atoms with van der Waals surface area (Å²) >= 11 is 0. The molecule has 0 bridgehead atoms. The number of hydrogen-bond donors (Lipinski definition) is 1. The van der Waals surface area contributed by atoms with Gasteiger partial charge < -0.3 is 15.0 Å². The normalized spacial score (nSPS) is 18.9. The highest BCUT2D eigenvalue weighted by Gasteiger charge is 2.36. The van der Waals surface area contributed by atoms with Crippen molar-refractivity contribution in [3.8, 4) is 0 Å². The van der Waals surface area contributed by atoms with Crippen LogP contribution in [0.2, 0.25) is 0 Å². The number of nitrogens with zero attached hydrogens (tertiary/aromatic N) is 1. The average molecular weight is 410 g/mol. The number of ether oxygens (including phenoxy) is 1. The summed E-state index contributed by atoms with van der Waals surface area (Å²) in [5.41, 5.74) is 0.797. The summed E-state index contributed by atoms with van der Waals surface area (Å²) in [6.07, 6.45) is 1.07. The molecule has 0 aliphatic carbocycles. The van der Waals surface area contributed by atoms with Gasteiger partial charge >= 0.3 is 5.97 Å². The van der Waals surface area contributed by atoms with E-state index in [9.17, 15) is 22.8 Å². The van der Waals surface area contributed by atoms with E-state index in [1.807, 2.05) is 13.8 Å². The first-order valence-electron chi connectivity index (χ1n) is 9.19. The van der Waals surface area contributed by atoms with Gasteiger partial charge in [-0.1, -0.05) is 6.92 Å². The Bertz CT molecular complexity index is 834. The van der Waals surface area contributed by atoms with Crippen molar-refractivity contribution in [2.24, 2.45) is 0 Å². The maximum Gasteiger partial charge on any atom is 0.338 e. The molecule has 1 fully saturated rings. The lowest BCUT2D eigenvalue weighted by Gasteiger charge is -2.33. The summed E-state index contributed by atoms with van der Waals surface area (Å²) in [4.78, 5) is 37.4. The Morgan fingerprint density at radius 1 is 1.25 bits per heavy atom. The molecular weight excluding hydrogens is 384 g/mol. The van der Waals surface area contributed by atoms with E-state index in [-0.39, 0.29) is 35.1 Å². The van der Waals surface area contributed by atoms with Gasteiger partial charge in [0.15, 0.2) is 16.4 Å². The number of carbonyl (C=O) groups is 3. The Morgan fingerprint density at radius 3 is 2.39 bits per heavy atom. The second-order valence-electron chi connectivity index (χ2n) is 6.95. The van der Waals surface area contributed by atoms with E-state index >= 15 is 0 Å². The standard InChI is InChI=1S/C19H26N2O6S/c1-4-13(2)21(17-9-10-28(25,26)12-17)18(23)11-27-19(24)15-5-7-16(8-6-15)20-14(3)22/h5-8,13,17H,4,9-12H2,1-3H3,(H,20,22)/t13-,17-/m1/s1. The van der Waals surface area contributed by atoms with Crippen molar-refractivity contribution in [2.75, 3.05) is 23.4 Å². The fourth-order valence-corrected chi connectivity index (χ4v) is 4.89. The lowest BCUT2D eigenvalue weighted by atomic mass is 10.1. The molecule has 1 N–H and O–H groups in total. The van der Waals surface area contributed by atoms with Gasteiger partial charge in [-0.3, -0.25) is 9.59 Å². The summed E-state index contributed by atoms with van der Waals surface area (Å²) in [7, 11) is -3.13. The van der Waals surface area contributed by atoms with E-state index < -0.39 is 28.3 Å². The summed E-state index contributed by atoms with van der Waals surface area (Å²) in [6.45, 7) is 4.70. The van der Waals surface area contributed by atoms with Crippen LogP contribution >= 0.6 is 0 Å². The lowest BCUT2D eigenvalue weighted by molar-refractivity contribution is -0.138. The minimum absolute atomic E-state index is 0.0539. The van der Waals surface area contributed by atoms with Crippen LogP contribution in [0.15, 0.2) is 24.3 Å². The molecule has 2 amide bonds. The number of esters is 1. The summed E-state index contributed by atoms with van der Waals surface area (Å²) in [5.74, 6) is -1.27. The van der Waals surface area contributed by atoms with Crippen LogP contribution in [0.25, 0.3) is 0 Å². The highest BCUT2D eigenvalue weighted by Crippen LogP contribution is 2.21. The molecule has 154 valence electrons. The van der Waals surface area contributed by atoms with Crippen LogP contribution in [0.3, 0.4) is 0 Å². The quantitative estimate of drug-likeness (QED) is 0.684. The van der Waals surface area contributed by atoms with Crippen molar-refractivity contribution in [1.82, 2.24) is 4.90 Å². The van der Waals surface area contributed by atoms with Crippen molar-refractivity contribution in [3.05, 3.63) is 29.8 Å². The van der Waals surface area contributed by atoms with Crippen molar-refractivity contribution in [2.45, 2.75) is 45.7 Å². The number of hydrogen-bond acceptors (Lipinski definition) is 6. The highest BCUT2D eigenvalue weighted by molar-refractivity contribution is 7.91. The third kappa shape index (κ3) is 5.79. The molecule has 0 spiro atoms. The van der Waals surface area contributed by atoms with E-state index in [0.29, 0.717) is 18.5 Å². The van der Waals surface area contributed by atoms with Crippen LogP contribution in [-0.2, 0) is 24.2 Å². The Kier molecular flexibility index (Phi) is 7.17. The number of carbonyl (C=O) groups excluding carboxylic acids is 3. The predicted octanol–water partition coefficient (Wildman–Crippen LogP) is 1.62. The van der Waals surface area contributed by atoms with Gasteiger partial charge in [-0.25, -0.2) is 13.2 Å². The number of amides is 2. The molecule has 1 aromatic carbocycles. The molecule has 0 radical (unpaired) electrons. The van der Waals surface area contributed by atoms with Gasteiger partial charge in [0.25, 0.3) is 5.91 Å². The minimum Gasteiger partial charge on any atom is -0.452 e. The van der Waals surface area contributed by atoms with Crippen LogP contribution in [0.1, 0.15) is 44.0 Å². The van der Waals surface area contributed by atoms with E-state index in [1.54, 1.807) is 12.1 Å². The molecule has 2 rings (SSSR count). The second-order valence-corrected chi connectivity index (χ2v) is 9.18. The van der Waals surface area contributed by atoms with Crippen LogP contribution in [0.5, 0.6) is 0 Å². The number of rotatable bonds is 7. The van der Waals surface area contributed by atoms with Crippen molar-refractivity contribution < 1.29 is 27.5 Å². The molecular formula is C19H26N2O6S. The van der Waals surface area contributed by atoms with E-state index in [1.165, 1.54) is 24.0 Å². The Balaban J connectivity index is 1.99. The van der Waals surface area contributed by atoms with Crippen LogP contribution in [0.4, 0.5) is 5.69 Å². The third-order valence-corrected chi connectivity index (χ3v) is 6.47. The molecule has 0 saturated carbocycles. The molecule has 0 unspecified atom stereocenters. The monoisotopic (exact) mass is 410 g/mol. The van der Waals surface area contributed by atoms with Gasteiger partial charge in [-0.2, -0.15) is 0 Å². The van der Waals surface area contributed by atoms with Crippen LogP contribution < -0.4 is 5.32 Å². The van der Waals surface area contributed by atoms with Crippen molar-refractivity contribution in [3.63, 3.8) is 0 Å². The summed E-state index contributed by atoms with van der Waals surface area (Å²) in [6, 6.07) is 5.58. The smallest absolute Gasteiger partial charge is 0.338 e. The Labute approximate surface area is 165 Å². The molecule has 1 aliphatic heterocycles. The molecule has 8 nitrogen and oxygen atoms in total. The SMILES string of the molecule is CC[C@@H](C)N(C(=O)COC(=O)c1ccc(NC(C)=O)cc1)[C@@H]1CCS(=O)(=O)C1. The van der Waals surface area contributed by atoms with Crippen LogP contribution in [-0.4, -0.2) is 61.3 Å². The first kappa shape index (κ1) is 21.9. The fourth-order valence-electron chi connectivity index (χ4n) is 3.18. The van der Waals surface area contributed by atoms with Gasteiger partial charge in [0.1, 0.15) is 0 Å². The highest BCUT2D eigenvalue weighted by atomic mass is 32.2. The molecule has 2 atom stereocenters. The van der Waals surface area contributed by atoms with Gasteiger partial charge in [0.05, 0.1) is 17.1 Å². The van der Waals surface area contributed by atoms with Gasteiger partial charge in [-0.05, 0) is 44.0 Å². The van der Waals surface area contributed by atoms with Crippen molar-refractivity contribution in [1.29, 1.82) is 0 Å². The zero-order valence-electron chi connectivity index (χ0n) is 16.3. The first-order chi connectivity index (χ1) is 13.1. The molecule has 28 heavy (non-hydrogen) atoms. The second kappa shape index (κ2) is 9.18. The molecule has 1 aromatic rings. The van der Waals surface area contributed by atoms with E-state index in [0.717, 1.165) is 0 Å². The fraction of sp³-hybridized carbons (Fsp3) is 0.526. The van der Waals surface area contributed by atoms with Crippen molar-refractivity contribution >= 4 is 33.3 Å². The number of benzene rings is 1. The molecule has 0 aromatic heterocycles. The maximum atomic E-state index is 12.7.